The van der Waals surface area contributed by atoms with Crippen LogP contribution in [0.2, 0.25) is 0 Å². The van der Waals surface area contributed by atoms with Crippen molar-refractivity contribution < 1.29 is 8.42 Å². The highest BCUT2D eigenvalue weighted by atomic mass is 32.2. The van der Waals surface area contributed by atoms with Gasteiger partial charge in [0.1, 0.15) is 0 Å². The van der Waals surface area contributed by atoms with Gasteiger partial charge < -0.3 is 4.57 Å². The summed E-state index contributed by atoms with van der Waals surface area (Å²) in [6.07, 6.45) is 2.79. The van der Waals surface area contributed by atoms with Crippen LogP contribution in [0, 0.1) is 6.92 Å². The molecule has 2 aliphatic rings. The molecule has 7 nitrogen and oxygen atoms in total. The molecule has 0 saturated heterocycles. The van der Waals surface area contributed by atoms with E-state index < -0.39 is 10.0 Å². The Balaban J connectivity index is 1.50. The van der Waals surface area contributed by atoms with E-state index in [1.807, 2.05) is 0 Å². The van der Waals surface area contributed by atoms with Crippen LogP contribution in [0.4, 0.5) is 0 Å². The summed E-state index contributed by atoms with van der Waals surface area (Å²) in [6.45, 7) is 3.20. The summed E-state index contributed by atoms with van der Waals surface area (Å²) in [4.78, 5) is 12.6. The molecule has 2 aromatic heterocycles. The summed E-state index contributed by atoms with van der Waals surface area (Å²) in [5, 5.41) is 1.27. The molecule has 0 radical (unpaired) electrons. The fourth-order valence-corrected chi connectivity index (χ4v) is 7.39. The van der Waals surface area contributed by atoms with Gasteiger partial charge in [0.2, 0.25) is 10.0 Å². The largest absolute Gasteiger partial charge is 0.341 e. The molecular formula is C24H26N4O3S. The van der Waals surface area contributed by atoms with Gasteiger partial charge in [0, 0.05) is 43.8 Å². The van der Waals surface area contributed by atoms with E-state index in [9.17, 15) is 13.2 Å². The third-order valence-electron chi connectivity index (χ3n) is 7.33. The smallest absolute Gasteiger partial charge is 0.328 e. The molecule has 1 aliphatic heterocycles. The van der Waals surface area contributed by atoms with Crippen molar-refractivity contribution in [2.24, 2.45) is 14.1 Å². The van der Waals surface area contributed by atoms with Crippen molar-refractivity contribution in [3.05, 3.63) is 63.7 Å². The molecule has 0 spiro atoms. The maximum Gasteiger partial charge on any atom is 0.328 e. The Hall–Kier alpha value is -2.84. The average molecular weight is 451 g/mol. The second-order valence-electron chi connectivity index (χ2n) is 9.11. The van der Waals surface area contributed by atoms with Crippen molar-refractivity contribution in [2.45, 2.75) is 43.7 Å². The van der Waals surface area contributed by atoms with Gasteiger partial charge in [-0.3, -0.25) is 9.13 Å². The van der Waals surface area contributed by atoms with E-state index in [2.05, 4.69) is 29.7 Å². The molecule has 1 aliphatic carbocycles. The van der Waals surface area contributed by atoms with Gasteiger partial charge in [-0.1, -0.05) is 11.6 Å². The first-order chi connectivity index (χ1) is 15.3. The fourth-order valence-electron chi connectivity index (χ4n) is 5.76. The number of aryl methyl sites for hydroxylation is 4. The third-order valence-corrected chi connectivity index (χ3v) is 9.23. The summed E-state index contributed by atoms with van der Waals surface area (Å²) in [5.41, 5.74) is 6.11. The van der Waals surface area contributed by atoms with Gasteiger partial charge in [-0.25, -0.2) is 13.2 Å². The molecule has 166 valence electrons. The zero-order valence-electron chi connectivity index (χ0n) is 18.5. The van der Waals surface area contributed by atoms with E-state index in [1.54, 1.807) is 41.2 Å². The third kappa shape index (κ3) is 2.50. The predicted octanol–water partition coefficient (Wildman–Crippen LogP) is 3.22. The molecule has 32 heavy (non-hydrogen) atoms. The van der Waals surface area contributed by atoms with Crippen LogP contribution >= 0.6 is 0 Å². The molecule has 0 fully saturated rings. The molecular weight excluding hydrogens is 424 g/mol. The maximum absolute atomic E-state index is 13.8. The number of aromatic nitrogens is 3. The Labute approximate surface area is 186 Å². The summed E-state index contributed by atoms with van der Waals surface area (Å²) >= 11 is 0. The van der Waals surface area contributed by atoms with Crippen LogP contribution in [0.15, 0.2) is 46.1 Å². The lowest BCUT2D eigenvalue weighted by Crippen LogP contribution is -2.43. The number of hydrogen-bond donors (Lipinski definition) is 0. The van der Waals surface area contributed by atoms with E-state index in [-0.39, 0.29) is 16.6 Å². The zero-order chi connectivity index (χ0) is 22.4. The molecule has 1 atom stereocenters. The van der Waals surface area contributed by atoms with E-state index in [4.69, 9.17) is 0 Å². The quantitative estimate of drug-likeness (QED) is 0.471. The molecule has 0 N–H and O–H groups in total. The van der Waals surface area contributed by atoms with E-state index in [0.717, 1.165) is 24.8 Å². The number of imidazole rings is 1. The van der Waals surface area contributed by atoms with Gasteiger partial charge in [-0.05, 0) is 62.1 Å². The summed E-state index contributed by atoms with van der Waals surface area (Å²) in [7, 11) is -0.333. The fraction of sp³-hybridized carbons (Fsp3) is 0.375. The zero-order valence-corrected chi connectivity index (χ0v) is 19.3. The SMILES string of the molecule is Cc1ccc2c(c1)c1c3n2CCN(S(=O)(=O)c2ccc4c(c2)n(C)c(=O)n4C)C3CCC1. The summed E-state index contributed by atoms with van der Waals surface area (Å²) in [5.74, 6) is 0. The molecule has 0 saturated carbocycles. The van der Waals surface area contributed by atoms with Gasteiger partial charge in [-0.15, -0.1) is 0 Å². The molecule has 0 amide bonds. The molecule has 8 heteroatoms. The van der Waals surface area contributed by atoms with E-state index >= 15 is 0 Å². The topological polar surface area (TPSA) is 69.2 Å². The van der Waals surface area contributed by atoms with Gasteiger partial charge in [-0.2, -0.15) is 4.31 Å². The first kappa shape index (κ1) is 19.8. The average Bonchev–Trinajstić information content (AvgIpc) is 3.22. The van der Waals surface area contributed by atoms with Crippen LogP contribution < -0.4 is 5.69 Å². The van der Waals surface area contributed by atoms with Gasteiger partial charge in [0.15, 0.2) is 0 Å². The Bertz CT molecular complexity index is 1590. The number of nitrogens with zero attached hydrogens (tertiary/aromatic N) is 4. The van der Waals surface area contributed by atoms with Crippen LogP contribution in [-0.4, -0.2) is 33.0 Å². The lowest BCUT2D eigenvalue weighted by Gasteiger charge is -2.39. The minimum Gasteiger partial charge on any atom is -0.341 e. The normalized spacial score (nSPS) is 19.0. The van der Waals surface area contributed by atoms with Crippen molar-refractivity contribution >= 4 is 32.0 Å². The highest BCUT2D eigenvalue weighted by Gasteiger charge is 2.41. The van der Waals surface area contributed by atoms with Crippen molar-refractivity contribution in [2.75, 3.05) is 6.54 Å². The molecule has 6 rings (SSSR count). The van der Waals surface area contributed by atoms with Crippen LogP contribution in [0.25, 0.3) is 21.9 Å². The minimum atomic E-state index is -3.71. The molecule has 3 heterocycles. The summed E-state index contributed by atoms with van der Waals surface area (Å²) < 4.78 is 34.8. The standard InChI is InChI=1S/C24H26N4O3S/c1-15-7-9-19-18(13-15)17-5-4-6-21-23(17)27(19)11-12-28(21)32(30,31)16-8-10-20-22(14-16)26(3)24(29)25(20)2/h7-10,13-14,21H,4-6,11-12H2,1-3H3. The van der Waals surface area contributed by atoms with Gasteiger partial charge in [0.05, 0.1) is 22.0 Å². The van der Waals surface area contributed by atoms with Crippen LogP contribution in [0.1, 0.15) is 35.7 Å². The number of rotatable bonds is 2. The van der Waals surface area contributed by atoms with Crippen LogP contribution in [0.3, 0.4) is 0 Å². The highest BCUT2D eigenvalue weighted by molar-refractivity contribution is 7.89. The Morgan fingerprint density at radius 2 is 1.69 bits per heavy atom. The van der Waals surface area contributed by atoms with Crippen LogP contribution in [-0.2, 0) is 37.1 Å². The lowest BCUT2D eigenvalue weighted by molar-refractivity contribution is 0.243. The summed E-state index contributed by atoms with van der Waals surface area (Å²) in [6, 6.07) is 11.4. The van der Waals surface area contributed by atoms with E-state index in [1.165, 1.54) is 32.3 Å². The van der Waals surface area contributed by atoms with Crippen molar-refractivity contribution in [3.8, 4) is 0 Å². The van der Waals surface area contributed by atoms with Gasteiger partial charge in [0.25, 0.3) is 0 Å². The molecule has 4 aromatic rings. The molecule has 2 aromatic carbocycles. The first-order valence-corrected chi connectivity index (χ1v) is 12.5. The number of benzene rings is 2. The van der Waals surface area contributed by atoms with Crippen molar-refractivity contribution in [3.63, 3.8) is 0 Å². The van der Waals surface area contributed by atoms with E-state index in [0.29, 0.717) is 18.6 Å². The van der Waals surface area contributed by atoms with Crippen LogP contribution in [0.5, 0.6) is 0 Å². The Morgan fingerprint density at radius 1 is 0.938 bits per heavy atom. The first-order valence-electron chi connectivity index (χ1n) is 11.1. The number of fused-ring (bicyclic) bond motifs is 4. The molecule has 0 bridgehead atoms. The number of hydrogen-bond acceptors (Lipinski definition) is 3. The van der Waals surface area contributed by atoms with Crippen molar-refractivity contribution in [1.82, 2.24) is 18.0 Å². The predicted molar refractivity (Wildman–Crippen MR) is 124 cm³/mol. The lowest BCUT2D eigenvalue weighted by atomic mass is 9.90. The maximum atomic E-state index is 13.8. The number of sulfonamides is 1. The second kappa shape index (κ2) is 6.59. The van der Waals surface area contributed by atoms with Crippen molar-refractivity contribution in [1.29, 1.82) is 0 Å². The minimum absolute atomic E-state index is 0.152. The Morgan fingerprint density at radius 3 is 2.50 bits per heavy atom. The monoisotopic (exact) mass is 450 g/mol. The van der Waals surface area contributed by atoms with Gasteiger partial charge >= 0.3 is 5.69 Å². The second-order valence-corrected chi connectivity index (χ2v) is 11.0. The molecule has 1 unspecified atom stereocenters. The highest BCUT2D eigenvalue weighted by Crippen LogP contribution is 2.44. The Kier molecular flexibility index (Phi) is 4.08.